The fraction of sp³-hybridized carbons (Fsp3) is 0.500. The summed E-state index contributed by atoms with van der Waals surface area (Å²) in [5.74, 6) is -0.494. The van der Waals surface area contributed by atoms with Crippen molar-refractivity contribution >= 4 is 21.9 Å². The van der Waals surface area contributed by atoms with E-state index in [4.69, 9.17) is 4.74 Å². The predicted molar refractivity (Wildman–Crippen MR) is 73.4 cm³/mol. The molecule has 5 heteroatoms. The van der Waals surface area contributed by atoms with Crippen LogP contribution in [-0.2, 0) is 0 Å². The maximum Gasteiger partial charge on any atom is 0.137 e. The van der Waals surface area contributed by atoms with Gasteiger partial charge in [0.15, 0.2) is 0 Å². The molecule has 1 heterocycles. The molecule has 0 spiro atoms. The number of rotatable bonds is 5. The molecule has 1 aromatic rings. The van der Waals surface area contributed by atoms with E-state index in [2.05, 4.69) is 15.9 Å². The van der Waals surface area contributed by atoms with Crippen molar-refractivity contribution in [1.82, 2.24) is 0 Å². The Balaban J connectivity index is 1.83. The Morgan fingerprint density at radius 3 is 2.68 bits per heavy atom. The minimum absolute atomic E-state index is 0.154. The fourth-order valence-electron chi connectivity index (χ4n) is 2.35. The van der Waals surface area contributed by atoms with Gasteiger partial charge >= 0.3 is 0 Å². The van der Waals surface area contributed by atoms with Crippen molar-refractivity contribution in [1.29, 1.82) is 0 Å². The normalized spacial score (nSPS) is 16.3. The molecular formula is C14H18BrNO3. The van der Waals surface area contributed by atoms with Crippen molar-refractivity contribution in [3.8, 4) is 5.75 Å². The van der Waals surface area contributed by atoms with Crippen LogP contribution in [-0.4, -0.2) is 32.2 Å². The molecule has 4 nitrogen and oxygen atoms in total. The first-order valence-electron chi connectivity index (χ1n) is 6.64. The molecule has 1 aliphatic heterocycles. The maximum atomic E-state index is 10.7. The van der Waals surface area contributed by atoms with Gasteiger partial charge in [-0.15, -0.1) is 0 Å². The third-order valence-corrected chi connectivity index (χ3v) is 4.06. The smallest absolute Gasteiger partial charge is 0.137 e. The predicted octanol–water partition coefficient (Wildman–Crippen LogP) is 0.260. The Morgan fingerprint density at radius 2 is 2.05 bits per heavy atom. The highest BCUT2D eigenvalue weighted by molar-refractivity contribution is 9.10. The van der Waals surface area contributed by atoms with Crippen LogP contribution in [0, 0.1) is 0 Å². The average Bonchev–Trinajstić information content (AvgIpc) is 2.41. The highest BCUT2D eigenvalue weighted by Crippen LogP contribution is 2.25. The van der Waals surface area contributed by atoms with Gasteiger partial charge in [0.1, 0.15) is 18.9 Å². The Kier molecular flexibility index (Phi) is 5.22. The standard InChI is InChI=1S/C14H18BrNO3/c15-12-10-11(14(17)18)4-5-13(12)19-9-8-16-6-2-1-3-7-16/h4-5,10H,1-3,6-9H2,(H,17,18). The van der Waals surface area contributed by atoms with Crippen molar-refractivity contribution in [2.45, 2.75) is 19.3 Å². The lowest BCUT2D eigenvalue weighted by Crippen LogP contribution is -3.13. The van der Waals surface area contributed by atoms with Crippen LogP contribution >= 0.6 is 15.9 Å². The molecule has 0 radical (unpaired) electrons. The molecule has 0 bridgehead atoms. The molecule has 1 saturated heterocycles. The number of hydrogen-bond acceptors (Lipinski definition) is 3. The number of carbonyl (C=O) groups is 1. The molecule has 19 heavy (non-hydrogen) atoms. The summed E-state index contributed by atoms with van der Waals surface area (Å²) in [5, 5.41) is 10.7. The maximum absolute atomic E-state index is 10.7. The van der Waals surface area contributed by atoms with E-state index in [1.165, 1.54) is 44.5 Å². The molecule has 0 unspecified atom stereocenters. The number of hydrogen-bond donors (Lipinski definition) is 1. The summed E-state index contributed by atoms with van der Waals surface area (Å²) < 4.78 is 6.35. The topological polar surface area (TPSA) is 53.8 Å². The van der Waals surface area contributed by atoms with Crippen molar-refractivity contribution in [2.75, 3.05) is 26.2 Å². The number of carboxylic acid groups (broad SMARTS) is 1. The molecular weight excluding hydrogens is 310 g/mol. The summed E-state index contributed by atoms with van der Waals surface area (Å²) in [7, 11) is 0. The molecule has 1 fully saturated rings. The van der Waals surface area contributed by atoms with Crippen molar-refractivity contribution < 1.29 is 19.5 Å². The van der Waals surface area contributed by atoms with Crippen LogP contribution < -0.4 is 14.7 Å². The second kappa shape index (κ2) is 6.91. The van der Waals surface area contributed by atoms with E-state index in [1.807, 2.05) is 0 Å². The van der Waals surface area contributed by atoms with Crippen LogP contribution in [0.2, 0.25) is 0 Å². The van der Waals surface area contributed by atoms with Crippen LogP contribution in [0.4, 0.5) is 0 Å². The summed E-state index contributed by atoms with van der Waals surface area (Å²) in [6.07, 6.45) is 3.96. The van der Waals surface area contributed by atoms with Crippen LogP contribution in [0.5, 0.6) is 5.75 Å². The highest BCUT2D eigenvalue weighted by Gasteiger charge is 2.13. The SMILES string of the molecule is O=C([O-])c1ccc(OCC[NH+]2CCCCC2)c(Br)c1. The molecule has 1 aromatic carbocycles. The number of ether oxygens (including phenoxy) is 1. The zero-order chi connectivity index (χ0) is 13.7. The van der Waals surface area contributed by atoms with Crippen LogP contribution in [0.25, 0.3) is 0 Å². The van der Waals surface area contributed by atoms with Crippen LogP contribution in [0.3, 0.4) is 0 Å². The lowest BCUT2D eigenvalue weighted by atomic mass is 10.1. The first kappa shape index (κ1) is 14.3. The van der Waals surface area contributed by atoms with Gasteiger partial charge in [0.05, 0.1) is 23.5 Å². The first-order valence-corrected chi connectivity index (χ1v) is 7.43. The first-order chi connectivity index (χ1) is 9.16. The number of piperidine rings is 1. The monoisotopic (exact) mass is 327 g/mol. The molecule has 0 saturated carbocycles. The molecule has 1 N–H and O–H groups in total. The minimum Gasteiger partial charge on any atom is -0.545 e. The second-order valence-electron chi connectivity index (χ2n) is 4.84. The molecule has 2 rings (SSSR count). The summed E-state index contributed by atoms with van der Waals surface area (Å²) in [4.78, 5) is 12.3. The van der Waals surface area contributed by atoms with Gasteiger partial charge in [0.25, 0.3) is 0 Å². The number of aromatic carboxylic acids is 1. The highest BCUT2D eigenvalue weighted by atomic mass is 79.9. The Bertz CT molecular complexity index is 444. The molecule has 0 amide bonds. The van der Waals surface area contributed by atoms with Gasteiger partial charge in [-0.05, 0) is 59.0 Å². The van der Waals surface area contributed by atoms with Gasteiger partial charge in [0, 0.05) is 0 Å². The molecule has 1 aliphatic rings. The quantitative estimate of drug-likeness (QED) is 0.844. The number of carbonyl (C=O) groups excluding carboxylic acids is 1. The Hall–Kier alpha value is -1.07. The third kappa shape index (κ3) is 4.21. The van der Waals surface area contributed by atoms with E-state index in [0.29, 0.717) is 16.8 Å². The van der Waals surface area contributed by atoms with Crippen molar-refractivity contribution in [3.63, 3.8) is 0 Å². The number of halogens is 1. The van der Waals surface area contributed by atoms with Gasteiger partial charge in [-0.3, -0.25) is 0 Å². The van der Waals surface area contributed by atoms with E-state index < -0.39 is 5.97 Å². The van der Waals surface area contributed by atoms with Gasteiger partial charge in [-0.1, -0.05) is 0 Å². The number of likely N-dealkylation sites (tertiary alicyclic amines) is 1. The Labute approximate surface area is 121 Å². The van der Waals surface area contributed by atoms with Gasteiger partial charge in [-0.25, -0.2) is 0 Å². The van der Waals surface area contributed by atoms with E-state index in [9.17, 15) is 9.90 Å². The second-order valence-corrected chi connectivity index (χ2v) is 5.70. The average molecular weight is 328 g/mol. The van der Waals surface area contributed by atoms with E-state index in [0.717, 1.165) is 6.54 Å². The molecule has 0 atom stereocenters. The molecule has 104 valence electrons. The summed E-state index contributed by atoms with van der Waals surface area (Å²) in [6, 6.07) is 4.68. The summed E-state index contributed by atoms with van der Waals surface area (Å²) in [5.41, 5.74) is 0.154. The molecule has 0 aromatic heterocycles. The van der Waals surface area contributed by atoms with Gasteiger partial charge < -0.3 is 19.5 Å². The molecule has 0 aliphatic carbocycles. The van der Waals surface area contributed by atoms with E-state index in [-0.39, 0.29) is 5.56 Å². The van der Waals surface area contributed by atoms with Gasteiger partial charge in [-0.2, -0.15) is 0 Å². The third-order valence-electron chi connectivity index (χ3n) is 3.44. The number of quaternary nitrogens is 1. The zero-order valence-electron chi connectivity index (χ0n) is 10.8. The van der Waals surface area contributed by atoms with Crippen molar-refractivity contribution in [2.24, 2.45) is 0 Å². The van der Waals surface area contributed by atoms with E-state index in [1.54, 1.807) is 11.0 Å². The lowest BCUT2D eigenvalue weighted by molar-refractivity contribution is -0.904. The summed E-state index contributed by atoms with van der Waals surface area (Å²) >= 11 is 3.32. The largest absolute Gasteiger partial charge is 0.545 e. The lowest BCUT2D eigenvalue weighted by Gasteiger charge is -2.23. The number of nitrogens with one attached hydrogen (secondary N) is 1. The summed E-state index contributed by atoms with van der Waals surface area (Å²) in [6.45, 7) is 4.11. The number of benzene rings is 1. The zero-order valence-corrected chi connectivity index (χ0v) is 12.4. The van der Waals surface area contributed by atoms with Crippen molar-refractivity contribution in [3.05, 3.63) is 28.2 Å². The number of carboxylic acids is 1. The van der Waals surface area contributed by atoms with E-state index >= 15 is 0 Å². The van der Waals surface area contributed by atoms with Crippen LogP contribution in [0.15, 0.2) is 22.7 Å². The van der Waals surface area contributed by atoms with Crippen LogP contribution in [0.1, 0.15) is 29.6 Å². The Morgan fingerprint density at radius 1 is 1.32 bits per heavy atom. The fourth-order valence-corrected chi connectivity index (χ4v) is 2.85. The minimum atomic E-state index is -1.18. The van der Waals surface area contributed by atoms with Gasteiger partial charge in [0.2, 0.25) is 0 Å².